The molecule has 0 fully saturated rings. The van der Waals surface area contributed by atoms with Gasteiger partial charge in [-0.15, -0.1) is 0 Å². The summed E-state index contributed by atoms with van der Waals surface area (Å²) in [6.45, 7) is 7.51. The van der Waals surface area contributed by atoms with Crippen LogP contribution in [0, 0.1) is 0 Å². The van der Waals surface area contributed by atoms with Crippen molar-refractivity contribution >= 4 is 11.6 Å². The monoisotopic (exact) mass is 236 g/mol. The van der Waals surface area contributed by atoms with Gasteiger partial charge in [-0.3, -0.25) is 9.63 Å². The van der Waals surface area contributed by atoms with Gasteiger partial charge in [0.15, 0.2) is 0 Å². The highest BCUT2D eigenvalue weighted by atomic mass is 16.7. The van der Waals surface area contributed by atoms with Crippen LogP contribution in [0.15, 0.2) is 30.3 Å². The molecule has 0 aromatic heterocycles. The molecule has 17 heavy (non-hydrogen) atoms. The lowest BCUT2D eigenvalue weighted by molar-refractivity contribution is -0.128. The number of anilines is 1. The van der Waals surface area contributed by atoms with Crippen LogP contribution in [0.4, 0.5) is 5.69 Å². The summed E-state index contributed by atoms with van der Waals surface area (Å²) in [6, 6.07) is 8.93. The fourth-order valence-corrected chi connectivity index (χ4v) is 1.09. The molecule has 0 aliphatic rings. The van der Waals surface area contributed by atoms with Crippen LogP contribution in [-0.4, -0.2) is 17.6 Å². The first-order valence-corrected chi connectivity index (χ1v) is 5.68. The third kappa shape index (κ3) is 5.47. The average molecular weight is 236 g/mol. The molecule has 4 nitrogen and oxygen atoms in total. The summed E-state index contributed by atoms with van der Waals surface area (Å²) in [7, 11) is 0. The molecule has 0 aliphatic carbocycles. The number of carbonyl (C=O) groups excluding carboxylic acids is 1. The summed E-state index contributed by atoms with van der Waals surface area (Å²) in [4.78, 5) is 17.1. The standard InChI is InChI=1S/C13H20N2O2/c1-10(15-17-13(2,3)4)12(16)14-11-8-6-5-7-9-11/h5-10,15H,1-4H3,(H,14,16). The van der Waals surface area contributed by atoms with Crippen molar-refractivity contribution in [2.75, 3.05) is 5.32 Å². The number of rotatable bonds is 4. The van der Waals surface area contributed by atoms with Crippen molar-refractivity contribution in [2.45, 2.75) is 39.3 Å². The Balaban J connectivity index is 2.43. The molecule has 0 saturated carbocycles. The molecule has 0 spiro atoms. The van der Waals surface area contributed by atoms with Crippen molar-refractivity contribution in [3.8, 4) is 0 Å². The van der Waals surface area contributed by atoms with Crippen LogP contribution < -0.4 is 10.8 Å². The molecule has 1 amide bonds. The summed E-state index contributed by atoms with van der Waals surface area (Å²) >= 11 is 0. The maximum absolute atomic E-state index is 11.8. The number of para-hydroxylation sites is 1. The van der Waals surface area contributed by atoms with Gasteiger partial charge in [-0.1, -0.05) is 18.2 Å². The van der Waals surface area contributed by atoms with E-state index in [1.54, 1.807) is 6.92 Å². The molecule has 94 valence electrons. The lowest BCUT2D eigenvalue weighted by Gasteiger charge is -2.22. The highest BCUT2D eigenvalue weighted by Gasteiger charge is 2.17. The molecule has 2 N–H and O–H groups in total. The highest BCUT2D eigenvalue weighted by Crippen LogP contribution is 2.07. The minimum Gasteiger partial charge on any atom is -0.325 e. The number of nitrogens with one attached hydrogen (secondary N) is 2. The molecule has 4 heteroatoms. The Labute approximate surface area is 102 Å². The van der Waals surface area contributed by atoms with E-state index in [-0.39, 0.29) is 11.5 Å². The molecule has 1 atom stereocenters. The Morgan fingerprint density at radius 3 is 2.35 bits per heavy atom. The first-order valence-electron chi connectivity index (χ1n) is 5.68. The van der Waals surface area contributed by atoms with Crippen molar-refractivity contribution in [1.82, 2.24) is 5.48 Å². The number of hydrogen-bond acceptors (Lipinski definition) is 3. The Hall–Kier alpha value is -1.39. The van der Waals surface area contributed by atoms with Gasteiger partial charge in [-0.2, -0.15) is 5.48 Å². The number of hydrogen-bond donors (Lipinski definition) is 2. The van der Waals surface area contributed by atoms with E-state index in [4.69, 9.17) is 4.84 Å². The summed E-state index contributed by atoms with van der Waals surface area (Å²) in [5.74, 6) is -0.125. The van der Waals surface area contributed by atoms with Gasteiger partial charge in [0, 0.05) is 5.69 Å². The Morgan fingerprint density at radius 2 is 1.82 bits per heavy atom. The van der Waals surface area contributed by atoms with Crippen LogP contribution in [0.5, 0.6) is 0 Å². The van der Waals surface area contributed by atoms with Crippen LogP contribution in [-0.2, 0) is 9.63 Å². The van der Waals surface area contributed by atoms with E-state index in [2.05, 4.69) is 10.8 Å². The van der Waals surface area contributed by atoms with Crippen LogP contribution in [0.1, 0.15) is 27.7 Å². The zero-order valence-corrected chi connectivity index (χ0v) is 10.8. The van der Waals surface area contributed by atoms with Gasteiger partial charge in [0.05, 0.1) is 5.60 Å². The zero-order valence-electron chi connectivity index (χ0n) is 10.8. The Bertz CT molecular complexity index is 357. The maximum atomic E-state index is 11.8. The summed E-state index contributed by atoms with van der Waals surface area (Å²) in [6.07, 6.45) is 0. The maximum Gasteiger partial charge on any atom is 0.243 e. The first kappa shape index (κ1) is 13.7. The first-order chi connectivity index (χ1) is 7.88. The zero-order chi connectivity index (χ0) is 12.9. The van der Waals surface area contributed by atoms with E-state index in [0.717, 1.165) is 5.69 Å². The largest absolute Gasteiger partial charge is 0.325 e. The third-order valence-corrected chi connectivity index (χ3v) is 1.98. The summed E-state index contributed by atoms with van der Waals surface area (Å²) in [5, 5.41) is 2.80. The summed E-state index contributed by atoms with van der Waals surface area (Å²) < 4.78 is 0. The van der Waals surface area contributed by atoms with Crippen molar-refractivity contribution in [3.63, 3.8) is 0 Å². The predicted octanol–water partition coefficient (Wildman–Crippen LogP) is 2.33. The average Bonchev–Trinajstić information content (AvgIpc) is 2.26. The van der Waals surface area contributed by atoms with Crippen molar-refractivity contribution in [2.24, 2.45) is 0 Å². The third-order valence-electron chi connectivity index (χ3n) is 1.98. The van der Waals surface area contributed by atoms with Crippen LogP contribution in [0.3, 0.4) is 0 Å². The molecule has 0 bridgehead atoms. The SMILES string of the molecule is CC(NOC(C)(C)C)C(=O)Nc1ccccc1. The van der Waals surface area contributed by atoms with E-state index >= 15 is 0 Å². The molecule has 0 radical (unpaired) electrons. The Morgan fingerprint density at radius 1 is 1.24 bits per heavy atom. The van der Waals surface area contributed by atoms with Crippen LogP contribution >= 0.6 is 0 Å². The molecule has 1 aromatic carbocycles. The van der Waals surface area contributed by atoms with E-state index < -0.39 is 6.04 Å². The highest BCUT2D eigenvalue weighted by molar-refractivity contribution is 5.94. The molecule has 1 aromatic rings. The fourth-order valence-electron chi connectivity index (χ4n) is 1.09. The van der Waals surface area contributed by atoms with Crippen molar-refractivity contribution in [3.05, 3.63) is 30.3 Å². The lowest BCUT2D eigenvalue weighted by atomic mass is 10.2. The van der Waals surface area contributed by atoms with E-state index in [1.807, 2.05) is 51.1 Å². The predicted molar refractivity (Wildman–Crippen MR) is 68.5 cm³/mol. The Kier molecular flexibility index (Phi) is 4.66. The molecule has 0 aliphatic heterocycles. The van der Waals surface area contributed by atoms with Crippen molar-refractivity contribution in [1.29, 1.82) is 0 Å². The van der Waals surface area contributed by atoms with Gasteiger partial charge < -0.3 is 5.32 Å². The number of benzene rings is 1. The van der Waals surface area contributed by atoms with Gasteiger partial charge in [-0.25, -0.2) is 0 Å². The normalized spacial score (nSPS) is 13.2. The van der Waals surface area contributed by atoms with Gasteiger partial charge in [0.1, 0.15) is 6.04 Å². The van der Waals surface area contributed by atoms with Crippen molar-refractivity contribution < 1.29 is 9.63 Å². The van der Waals surface area contributed by atoms with Crippen LogP contribution in [0.25, 0.3) is 0 Å². The van der Waals surface area contributed by atoms with E-state index in [0.29, 0.717) is 0 Å². The van der Waals surface area contributed by atoms with Gasteiger partial charge in [-0.05, 0) is 39.8 Å². The molecule has 1 unspecified atom stereocenters. The minimum absolute atomic E-state index is 0.125. The second-order valence-electron chi connectivity index (χ2n) is 4.91. The molecular formula is C13H20N2O2. The van der Waals surface area contributed by atoms with E-state index in [9.17, 15) is 4.79 Å². The topological polar surface area (TPSA) is 50.4 Å². The molecule has 0 heterocycles. The number of carbonyl (C=O) groups is 1. The second kappa shape index (κ2) is 5.80. The van der Waals surface area contributed by atoms with Gasteiger partial charge in [0.2, 0.25) is 5.91 Å². The number of amides is 1. The summed E-state index contributed by atoms with van der Waals surface area (Å²) in [5.41, 5.74) is 3.19. The molecule has 1 rings (SSSR count). The quantitative estimate of drug-likeness (QED) is 0.789. The number of hydroxylamine groups is 1. The van der Waals surface area contributed by atoms with Crippen LogP contribution in [0.2, 0.25) is 0 Å². The van der Waals surface area contributed by atoms with Gasteiger partial charge >= 0.3 is 0 Å². The second-order valence-corrected chi connectivity index (χ2v) is 4.91. The van der Waals surface area contributed by atoms with Gasteiger partial charge in [0.25, 0.3) is 0 Å². The lowest BCUT2D eigenvalue weighted by Crippen LogP contribution is -2.42. The fraction of sp³-hybridized carbons (Fsp3) is 0.462. The smallest absolute Gasteiger partial charge is 0.243 e. The van der Waals surface area contributed by atoms with E-state index in [1.165, 1.54) is 0 Å². The minimum atomic E-state index is -0.408. The molecular weight excluding hydrogens is 216 g/mol. The molecule has 0 saturated heterocycles.